The molecule has 2 aromatic heterocycles. The van der Waals surface area contributed by atoms with Crippen molar-refractivity contribution in [3.8, 4) is 0 Å². The second-order valence-corrected chi connectivity index (χ2v) is 6.84. The molecular formula is C19H18ClN3O5. The minimum atomic E-state index is -1.12. The van der Waals surface area contributed by atoms with Gasteiger partial charge < -0.3 is 14.5 Å². The minimum absolute atomic E-state index is 0.0449. The Labute approximate surface area is 165 Å². The quantitative estimate of drug-likeness (QED) is 0.655. The molecule has 3 rings (SSSR count). The molecule has 146 valence electrons. The number of benzene rings is 1. The van der Waals surface area contributed by atoms with Gasteiger partial charge in [0.15, 0.2) is 11.5 Å². The van der Waals surface area contributed by atoms with Crippen LogP contribution in [0.4, 0.5) is 5.82 Å². The van der Waals surface area contributed by atoms with Crippen LogP contribution in [0, 0.1) is 0 Å². The number of carbonyl (C=O) groups excluding carboxylic acids is 2. The predicted molar refractivity (Wildman–Crippen MR) is 104 cm³/mol. The molecule has 1 atom stereocenters. The van der Waals surface area contributed by atoms with Gasteiger partial charge in [0.1, 0.15) is 11.4 Å². The lowest BCUT2D eigenvalue weighted by Gasteiger charge is -2.15. The number of fused-ring (bicyclic) bond motifs is 1. The molecule has 0 saturated heterocycles. The zero-order valence-corrected chi connectivity index (χ0v) is 16.2. The van der Waals surface area contributed by atoms with Crippen LogP contribution in [0.15, 0.2) is 45.7 Å². The standard InChI is InChI=1S/C19H18ClN3O5/c1-10(2)23-17(6-7-21-23)22-18(25)11(3)27-19(26)16-9-14(24)13-8-12(20)4-5-15(13)28-16/h4-11H,1-3H3,(H,22,25)/t11-/m1/s1. The highest BCUT2D eigenvalue weighted by atomic mass is 35.5. The van der Waals surface area contributed by atoms with Crippen molar-refractivity contribution in [2.75, 3.05) is 5.32 Å². The van der Waals surface area contributed by atoms with Crippen LogP contribution in [-0.4, -0.2) is 27.8 Å². The number of hydrogen-bond donors (Lipinski definition) is 1. The molecule has 8 nitrogen and oxygen atoms in total. The third kappa shape index (κ3) is 4.07. The van der Waals surface area contributed by atoms with Crippen molar-refractivity contribution in [1.29, 1.82) is 0 Å². The van der Waals surface area contributed by atoms with Crippen molar-refractivity contribution in [1.82, 2.24) is 9.78 Å². The molecule has 1 amide bonds. The van der Waals surface area contributed by atoms with Crippen molar-refractivity contribution >= 4 is 40.3 Å². The number of amides is 1. The van der Waals surface area contributed by atoms with Gasteiger partial charge in [0.2, 0.25) is 5.76 Å². The zero-order valence-electron chi connectivity index (χ0n) is 15.4. The average molecular weight is 404 g/mol. The summed E-state index contributed by atoms with van der Waals surface area (Å²) in [6.45, 7) is 5.25. The number of aromatic nitrogens is 2. The predicted octanol–water partition coefficient (Wildman–Crippen LogP) is 3.41. The number of rotatable bonds is 5. The summed E-state index contributed by atoms with van der Waals surface area (Å²) in [7, 11) is 0. The van der Waals surface area contributed by atoms with Crippen molar-refractivity contribution in [3.05, 3.63) is 57.5 Å². The smallest absolute Gasteiger partial charge is 0.375 e. The van der Waals surface area contributed by atoms with Gasteiger partial charge in [-0.05, 0) is 39.0 Å². The number of esters is 1. The summed E-state index contributed by atoms with van der Waals surface area (Å²) in [6.07, 6.45) is 0.441. The Morgan fingerprint density at radius 3 is 2.68 bits per heavy atom. The van der Waals surface area contributed by atoms with Crippen molar-refractivity contribution in [2.45, 2.75) is 32.9 Å². The molecule has 0 aliphatic carbocycles. The number of anilines is 1. The molecule has 0 unspecified atom stereocenters. The van der Waals surface area contributed by atoms with E-state index in [1.54, 1.807) is 16.9 Å². The molecule has 0 saturated carbocycles. The van der Waals surface area contributed by atoms with Gasteiger partial charge in [0, 0.05) is 23.2 Å². The molecule has 1 aromatic carbocycles. The first-order chi connectivity index (χ1) is 13.3. The number of halogens is 1. The van der Waals surface area contributed by atoms with Gasteiger partial charge in [-0.25, -0.2) is 9.48 Å². The summed E-state index contributed by atoms with van der Waals surface area (Å²) in [4.78, 5) is 36.8. The van der Waals surface area contributed by atoms with Gasteiger partial charge in [-0.2, -0.15) is 5.10 Å². The number of hydrogen-bond acceptors (Lipinski definition) is 6. The van der Waals surface area contributed by atoms with Crippen molar-refractivity contribution in [2.24, 2.45) is 0 Å². The van der Waals surface area contributed by atoms with E-state index in [0.717, 1.165) is 6.07 Å². The van der Waals surface area contributed by atoms with E-state index >= 15 is 0 Å². The lowest BCUT2D eigenvalue weighted by molar-refractivity contribution is -0.123. The van der Waals surface area contributed by atoms with Gasteiger partial charge in [-0.1, -0.05) is 11.6 Å². The first-order valence-electron chi connectivity index (χ1n) is 8.55. The van der Waals surface area contributed by atoms with Crippen LogP contribution < -0.4 is 10.7 Å². The second-order valence-electron chi connectivity index (χ2n) is 6.41. The first-order valence-corrected chi connectivity index (χ1v) is 8.93. The molecule has 2 heterocycles. The fraction of sp³-hybridized carbons (Fsp3) is 0.263. The highest BCUT2D eigenvalue weighted by molar-refractivity contribution is 6.31. The van der Waals surface area contributed by atoms with Crippen LogP contribution >= 0.6 is 11.6 Å². The van der Waals surface area contributed by atoms with E-state index < -0.39 is 23.4 Å². The molecule has 0 spiro atoms. The highest BCUT2D eigenvalue weighted by Crippen LogP contribution is 2.18. The molecule has 0 bridgehead atoms. The topological polar surface area (TPSA) is 103 Å². The fourth-order valence-electron chi connectivity index (χ4n) is 2.55. The number of ether oxygens (including phenoxy) is 1. The van der Waals surface area contributed by atoms with E-state index in [1.165, 1.54) is 25.1 Å². The number of carbonyl (C=O) groups is 2. The van der Waals surface area contributed by atoms with Crippen LogP contribution in [-0.2, 0) is 9.53 Å². The molecule has 0 fully saturated rings. The minimum Gasteiger partial charge on any atom is -0.449 e. The van der Waals surface area contributed by atoms with Crippen molar-refractivity contribution < 1.29 is 18.7 Å². The van der Waals surface area contributed by atoms with Gasteiger partial charge in [-0.15, -0.1) is 0 Å². The van der Waals surface area contributed by atoms with Gasteiger partial charge in [0.25, 0.3) is 5.91 Å². The summed E-state index contributed by atoms with van der Waals surface area (Å²) in [5.41, 5.74) is -0.240. The molecule has 3 aromatic rings. The molecule has 0 radical (unpaired) electrons. The Hall–Kier alpha value is -3.13. The average Bonchev–Trinajstić information content (AvgIpc) is 3.10. The Bertz CT molecular complexity index is 1100. The van der Waals surface area contributed by atoms with E-state index in [9.17, 15) is 14.4 Å². The molecule has 1 N–H and O–H groups in total. The Morgan fingerprint density at radius 1 is 1.21 bits per heavy atom. The number of nitrogens with zero attached hydrogens (tertiary/aromatic N) is 2. The summed E-state index contributed by atoms with van der Waals surface area (Å²) < 4.78 is 12.2. The maximum atomic E-state index is 12.3. The third-order valence-corrected chi connectivity index (χ3v) is 4.19. The van der Waals surface area contributed by atoms with E-state index in [-0.39, 0.29) is 22.8 Å². The summed E-state index contributed by atoms with van der Waals surface area (Å²) in [6, 6.07) is 7.17. The van der Waals surface area contributed by atoms with Crippen LogP contribution in [0.1, 0.15) is 37.4 Å². The normalized spacial score (nSPS) is 12.2. The van der Waals surface area contributed by atoms with E-state index in [4.69, 9.17) is 20.8 Å². The van der Waals surface area contributed by atoms with Crippen LogP contribution in [0.3, 0.4) is 0 Å². The van der Waals surface area contributed by atoms with Crippen LogP contribution in [0.25, 0.3) is 11.0 Å². The third-order valence-electron chi connectivity index (χ3n) is 3.95. The maximum absolute atomic E-state index is 12.3. The SMILES string of the molecule is CC(C)n1nccc1NC(=O)[C@@H](C)OC(=O)c1cc(=O)c2cc(Cl)ccc2o1. The lowest BCUT2D eigenvalue weighted by Crippen LogP contribution is -2.31. The Morgan fingerprint density at radius 2 is 1.96 bits per heavy atom. The molecular weight excluding hydrogens is 386 g/mol. The maximum Gasteiger partial charge on any atom is 0.375 e. The second kappa shape index (κ2) is 7.85. The summed E-state index contributed by atoms with van der Waals surface area (Å²) >= 11 is 5.86. The number of nitrogens with one attached hydrogen (secondary N) is 1. The summed E-state index contributed by atoms with van der Waals surface area (Å²) in [5.74, 6) is -1.27. The fourth-order valence-corrected chi connectivity index (χ4v) is 2.73. The van der Waals surface area contributed by atoms with Crippen molar-refractivity contribution in [3.63, 3.8) is 0 Å². The van der Waals surface area contributed by atoms with E-state index in [0.29, 0.717) is 10.8 Å². The molecule has 0 aliphatic heterocycles. The monoisotopic (exact) mass is 403 g/mol. The van der Waals surface area contributed by atoms with Gasteiger partial charge in [0.05, 0.1) is 11.6 Å². The van der Waals surface area contributed by atoms with E-state index in [1.807, 2.05) is 13.8 Å². The van der Waals surface area contributed by atoms with Crippen LogP contribution in [0.2, 0.25) is 5.02 Å². The molecule has 9 heteroatoms. The summed E-state index contributed by atoms with van der Waals surface area (Å²) in [5, 5.41) is 7.39. The molecule has 0 aliphatic rings. The first kappa shape index (κ1) is 19.6. The van der Waals surface area contributed by atoms with Gasteiger partial charge >= 0.3 is 5.97 Å². The van der Waals surface area contributed by atoms with Crippen LogP contribution in [0.5, 0.6) is 0 Å². The Balaban J connectivity index is 1.74. The van der Waals surface area contributed by atoms with Gasteiger partial charge in [-0.3, -0.25) is 9.59 Å². The Kier molecular flexibility index (Phi) is 5.51. The molecule has 28 heavy (non-hydrogen) atoms. The van der Waals surface area contributed by atoms with E-state index in [2.05, 4.69) is 10.4 Å². The zero-order chi connectivity index (χ0) is 20.4. The largest absolute Gasteiger partial charge is 0.449 e. The lowest BCUT2D eigenvalue weighted by atomic mass is 10.2. The highest BCUT2D eigenvalue weighted by Gasteiger charge is 2.22.